The van der Waals surface area contributed by atoms with Crippen molar-refractivity contribution in [1.29, 1.82) is 0 Å². The third kappa shape index (κ3) is 4.67. The van der Waals surface area contributed by atoms with Gasteiger partial charge in [-0.2, -0.15) is 0 Å². The van der Waals surface area contributed by atoms with Crippen molar-refractivity contribution >= 4 is 45.8 Å². The number of halogens is 3. The van der Waals surface area contributed by atoms with Gasteiger partial charge in [0.1, 0.15) is 23.8 Å². The Hall–Kier alpha value is -3.66. The van der Waals surface area contributed by atoms with Gasteiger partial charge < -0.3 is 25.1 Å². The molecule has 34 heavy (non-hydrogen) atoms. The summed E-state index contributed by atoms with van der Waals surface area (Å²) in [6.07, 6.45) is 1.16. The van der Waals surface area contributed by atoms with Crippen LogP contribution in [0.5, 0.6) is 0 Å². The van der Waals surface area contributed by atoms with E-state index in [2.05, 4.69) is 5.32 Å². The number of carbonyl (C=O) groups excluding carboxylic acids is 2. The number of hydrogen-bond acceptors (Lipinski definition) is 7. The van der Waals surface area contributed by atoms with E-state index in [1.54, 1.807) is 13.8 Å². The lowest BCUT2D eigenvalue weighted by atomic mass is 10.1. The molecule has 1 aromatic heterocycles. The van der Waals surface area contributed by atoms with E-state index < -0.39 is 34.6 Å². The van der Waals surface area contributed by atoms with Crippen LogP contribution in [0.3, 0.4) is 0 Å². The Morgan fingerprint density at radius 1 is 1.15 bits per heavy atom. The summed E-state index contributed by atoms with van der Waals surface area (Å²) >= 11 is 6.53. The van der Waals surface area contributed by atoms with Crippen molar-refractivity contribution < 1.29 is 27.8 Å². The molecule has 0 radical (unpaired) electrons. The molecule has 0 bridgehead atoms. The third-order valence-corrected chi connectivity index (χ3v) is 5.29. The molecule has 8 nitrogen and oxygen atoms in total. The number of nitrogens with one attached hydrogen (secondary N) is 1. The van der Waals surface area contributed by atoms with Gasteiger partial charge in [-0.05, 0) is 32.0 Å². The maximum absolute atomic E-state index is 14.8. The summed E-state index contributed by atoms with van der Waals surface area (Å²) in [6.45, 7) is 4.45. The number of rotatable bonds is 7. The van der Waals surface area contributed by atoms with Crippen LogP contribution in [0.1, 0.15) is 36.7 Å². The highest BCUT2D eigenvalue weighted by Crippen LogP contribution is 2.35. The SMILES string of the molecule is CCNc1c(F)cc2c(=O)c(C(=O)OCC)cn(-c3cc(N)c(F)cc3COC(C)=O)c2c1Cl. The highest BCUT2D eigenvalue weighted by molar-refractivity contribution is 6.38. The average Bonchev–Trinajstić information content (AvgIpc) is 2.78. The number of esters is 2. The summed E-state index contributed by atoms with van der Waals surface area (Å²) in [4.78, 5) is 37.0. The smallest absolute Gasteiger partial charge is 0.343 e. The molecule has 0 aliphatic carbocycles. The molecule has 0 atom stereocenters. The van der Waals surface area contributed by atoms with Crippen molar-refractivity contribution in [2.24, 2.45) is 0 Å². The average molecular weight is 494 g/mol. The van der Waals surface area contributed by atoms with E-state index in [0.29, 0.717) is 6.54 Å². The van der Waals surface area contributed by atoms with Crippen LogP contribution in [0.2, 0.25) is 5.02 Å². The number of fused-ring (bicyclic) bond motifs is 1. The molecule has 2 aromatic carbocycles. The normalized spacial score (nSPS) is 10.9. The first kappa shape index (κ1) is 25.0. The molecule has 1 heterocycles. The minimum atomic E-state index is -0.938. The van der Waals surface area contributed by atoms with E-state index in [9.17, 15) is 23.2 Å². The Morgan fingerprint density at radius 2 is 1.85 bits per heavy atom. The molecule has 0 amide bonds. The van der Waals surface area contributed by atoms with Gasteiger partial charge in [-0.25, -0.2) is 13.6 Å². The summed E-state index contributed by atoms with van der Waals surface area (Å²) < 4.78 is 40.4. The van der Waals surface area contributed by atoms with Crippen LogP contribution < -0.4 is 16.5 Å². The summed E-state index contributed by atoms with van der Waals surface area (Å²) in [6, 6.07) is 3.25. The van der Waals surface area contributed by atoms with Gasteiger partial charge >= 0.3 is 11.9 Å². The molecule has 3 aromatic rings. The molecule has 3 N–H and O–H groups in total. The Bertz CT molecular complexity index is 1360. The van der Waals surface area contributed by atoms with E-state index >= 15 is 0 Å². The summed E-state index contributed by atoms with van der Waals surface area (Å²) in [5.74, 6) is -3.13. The molecule has 0 aliphatic heterocycles. The molecule has 11 heteroatoms. The molecular weight excluding hydrogens is 472 g/mol. The topological polar surface area (TPSA) is 113 Å². The van der Waals surface area contributed by atoms with E-state index in [-0.39, 0.29) is 51.8 Å². The minimum Gasteiger partial charge on any atom is -0.462 e. The van der Waals surface area contributed by atoms with Crippen LogP contribution >= 0.6 is 11.6 Å². The summed E-state index contributed by atoms with van der Waals surface area (Å²) in [7, 11) is 0. The minimum absolute atomic E-state index is 0.00795. The van der Waals surface area contributed by atoms with Gasteiger partial charge in [-0.1, -0.05) is 11.6 Å². The third-order valence-electron chi connectivity index (χ3n) is 4.92. The number of nitrogen functional groups attached to an aromatic ring is 1. The maximum atomic E-state index is 14.8. The Morgan fingerprint density at radius 3 is 2.47 bits per heavy atom. The molecule has 0 aliphatic rings. The van der Waals surface area contributed by atoms with Crippen molar-refractivity contribution in [3.05, 3.63) is 62.4 Å². The zero-order chi connectivity index (χ0) is 25.2. The van der Waals surface area contributed by atoms with Gasteiger partial charge in [0.25, 0.3) is 0 Å². The number of carbonyl (C=O) groups is 2. The predicted molar refractivity (Wildman–Crippen MR) is 124 cm³/mol. The van der Waals surface area contributed by atoms with Crippen LogP contribution in [-0.4, -0.2) is 29.7 Å². The zero-order valence-corrected chi connectivity index (χ0v) is 19.4. The molecular formula is C23H22ClF2N3O5. The molecule has 0 unspecified atom stereocenters. The van der Waals surface area contributed by atoms with Gasteiger partial charge in [-0.15, -0.1) is 0 Å². The number of nitrogens with zero attached hydrogens (tertiary/aromatic N) is 1. The van der Waals surface area contributed by atoms with Gasteiger partial charge in [-0.3, -0.25) is 9.59 Å². The molecule has 0 saturated heterocycles. The van der Waals surface area contributed by atoms with Gasteiger partial charge in [0.05, 0.1) is 39.6 Å². The van der Waals surface area contributed by atoms with E-state index in [4.69, 9.17) is 26.8 Å². The molecule has 0 saturated carbocycles. The first-order valence-electron chi connectivity index (χ1n) is 10.3. The summed E-state index contributed by atoms with van der Waals surface area (Å²) in [5, 5.41) is 2.44. The van der Waals surface area contributed by atoms with Crippen LogP contribution in [-0.2, 0) is 20.9 Å². The van der Waals surface area contributed by atoms with Crippen LogP contribution in [0.15, 0.2) is 29.2 Å². The fourth-order valence-electron chi connectivity index (χ4n) is 3.44. The second kappa shape index (κ2) is 10.1. The molecule has 3 rings (SSSR count). The lowest BCUT2D eigenvalue weighted by molar-refractivity contribution is -0.142. The second-order valence-electron chi connectivity index (χ2n) is 7.22. The second-order valence-corrected chi connectivity index (χ2v) is 7.60. The number of hydrogen-bond donors (Lipinski definition) is 2. The van der Waals surface area contributed by atoms with Crippen molar-refractivity contribution in [2.75, 3.05) is 24.2 Å². The number of ether oxygens (including phenoxy) is 2. The van der Waals surface area contributed by atoms with E-state index in [1.165, 1.54) is 17.6 Å². The standard InChI is InChI=1S/C23H22ClF2N3O5/c1-4-28-20-16(26)7-13-21(19(20)24)29(9-14(22(13)31)23(32)33-5-2)18-8-17(27)15(25)6-12(18)10-34-11(3)30/h6-9,28H,4-5,10,27H2,1-3H3. The Kier molecular flexibility index (Phi) is 7.41. The number of aromatic nitrogens is 1. The van der Waals surface area contributed by atoms with Crippen LogP contribution in [0.4, 0.5) is 20.2 Å². The van der Waals surface area contributed by atoms with Gasteiger partial charge in [0, 0.05) is 25.2 Å². The maximum Gasteiger partial charge on any atom is 0.343 e. The number of benzene rings is 2. The van der Waals surface area contributed by atoms with Crippen LogP contribution in [0, 0.1) is 11.6 Å². The molecule has 0 spiro atoms. The highest BCUT2D eigenvalue weighted by atomic mass is 35.5. The van der Waals surface area contributed by atoms with Gasteiger partial charge in [0.2, 0.25) is 5.43 Å². The van der Waals surface area contributed by atoms with Gasteiger partial charge in [0.15, 0.2) is 0 Å². The fraction of sp³-hybridized carbons (Fsp3) is 0.261. The number of pyridine rings is 1. The molecule has 180 valence electrons. The lowest BCUT2D eigenvalue weighted by Gasteiger charge is -2.20. The summed E-state index contributed by atoms with van der Waals surface area (Å²) in [5.41, 5.74) is 4.62. The monoisotopic (exact) mass is 493 g/mol. The quantitative estimate of drug-likeness (QED) is 0.375. The largest absolute Gasteiger partial charge is 0.462 e. The van der Waals surface area contributed by atoms with Crippen LogP contribution in [0.25, 0.3) is 16.6 Å². The molecule has 0 fully saturated rings. The highest BCUT2D eigenvalue weighted by Gasteiger charge is 2.24. The number of anilines is 2. The van der Waals surface area contributed by atoms with Crippen molar-refractivity contribution in [3.63, 3.8) is 0 Å². The fourth-order valence-corrected chi connectivity index (χ4v) is 3.79. The first-order chi connectivity index (χ1) is 16.1. The van der Waals surface area contributed by atoms with E-state index in [0.717, 1.165) is 18.3 Å². The first-order valence-corrected chi connectivity index (χ1v) is 10.7. The van der Waals surface area contributed by atoms with Crippen molar-refractivity contribution in [1.82, 2.24) is 4.57 Å². The Labute approximate surface area is 198 Å². The zero-order valence-electron chi connectivity index (χ0n) is 18.6. The Balaban J connectivity index is 2.49. The van der Waals surface area contributed by atoms with E-state index in [1.807, 2.05) is 0 Å². The van der Waals surface area contributed by atoms with Crippen molar-refractivity contribution in [3.8, 4) is 5.69 Å². The lowest BCUT2D eigenvalue weighted by Crippen LogP contribution is -2.22. The van der Waals surface area contributed by atoms with Crippen molar-refractivity contribution in [2.45, 2.75) is 27.4 Å². The number of nitrogens with two attached hydrogens (primary N) is 1. The predicted octanol–water partition coefficient (Wildman–Crippen LogP) is 4.18.